The number of para-hydroxylation sites is 1. The van der Waals surface area contributed by atoms with E-state index in [-0.39, 0.29) is 11.7 Å². The highest BCUT2D eigenvalue weighted by Crippen LogP contribution is 2.13. The summed E-state index contributed by atoms with van der Waals surface area (Å²) in [6.45, 7) is 4.92. The first-order chi connectivity index (χ1) is 9.99. The zero-order valence-corrected chi connectivity index (χ0v) is 12.6. The molecule has 0 bridgehead atoms. The Balaban J connectivity index is 2.13. The molecule has 0 radical (unpaired) electrons. The van der Waals surface area contributed by atoms with Gasteiger partial charge in [0.2, 0.25) is 0 Å². The average Bonchev–Trinajstić information content (AvgIpc) is 2.94. The monoisotopic (exact) mass is 289 g/mol. The Hall–Kier alpha value is -2.17. The molecule has 0 atom stereocenters. The first kappa shape index (κ1) is 15.2. The van der Waals surface area contributed by atoms with Crippen LogP contribution in [-0.4, -0.2) is 34.2 Å². The molecular weight excluding hydrogens is 269 g/mol. The summed E-state index contributed by atoms with van der Waals surface area (Å²) in [6, 6.07) is 7.96. The molecule has 0 N–H and O–H groups in total. The average molecular weight is 289 g/mol. The molecule has 0 saturated carbocycles. The lowest BCUT2D eigenvalue weighted by Gasteiger charge is -2.16. The number of halogens is 1. The third-order valence-electron chi connectivity index (χ3n) is 3.30. The molecule has 1 aromatic heterocycles. The van der Waals surface area contributed by atoms with Gasteiger partial charge in [0.1, 0.15) is 11.5 Å². The second-order valence-electron chi connectivity index (χ2n) is 5.51. The predicted octanol–water partition coefficient (Wildman–Crippen LogP) is 3.13. The number of carbonyl (C=O) groups is 1. The van der Waals surface area contributed by atoms with Crippen molar-refractivity contribution in [1.29, 1.82) is 0 Å². The van der Waals surface area contributed by atoms with Crippen LogP contribution in [0.4, 0.5) is 4.39 Å². The zero-order chi connectivity index (χ0) is 15.4. The Bertz CT molecular complexity index is 621. The maximum Gasteiger partial charge on any atom is 0.274 e. The van der Waals surface area contributed by atoms with Gasteiger partial charge in [-0.3, -0.25) is 4.79 Å². The second-order valence-corrected chi connectivity index (χ2v) is 5.51. The number of aromatic nitrogens is 2. The van der Waals surface area contributed by atoms with E-state index in [0.717, 1.165) is 6.42 Å². The number of amides is 1. The Morgan fingerprint density at radius 1 is 1.33 bits per heavy atom. The highest BCUT2D eigenvalue weighted by atomic mass is 19.1. The first-order valence-corrected chi connectivity index (χ1v) is 7.05. The van der Waals surface area contributed by atoms with Crippen LogP contribution >= 0.6 is 0 Å². The van der Waals surface area contributed by atoms with Crippen LogP contribution in [0.1, 0.15) is 30.8 Å². The van der Waals surface area contributed by atoms with Gasteiger partial charge in [-0.05, 0) is 30.5 Å². The van der Waals surface area contributed by atoms with E-state index in [4.69, 9.17) is 0 Å². The van der Waals surface area contributed by atoms with Crippen molar-refractivity contribution < 1.29 is 9.18 Å². The van der Waals surface area contributed by atoms with E-state index in [2.05, 4.69) is 18.9 Å². The van der Waals surface area contributed by atoms with Crippen LogP contribution in [0.5, 0.6) is 0 Å². The molecule has 0 spiro atoms. The van der Waals surface area contributed by atoms with E-state index < -0.39 is 0 Å². The Morgan fingerprint density at radius 2 is 2.05 bits per heavy atom. The molecule has 4 nitrogen and oxygen atoms in total. The molecule has 112 valence electrons. The number of nitrogens with zero attached hydrogens (tertiary/aromatic N) is 3. The van der Waals surface area contributed by atoms with Gasteiger partial charge in [0.25, 0.3) is 5.91 Å². The fourth-order valence-corrected chi connectivity index (χ4v) is 1.96. The van der Waals surface area contributed by atoms with Crippen molar-refractivity contribution in [2.75, 3.05) is 13.6 Å². The molecule has 0 aliphatic carbocycles. The van der Waals surface area contributed by atoms with Gasteiger partial charge in [-0.1, -0.05) is 26.0 Å². The van der Waals surface area contributed by atoms with E-state index in [1.807, 2.05) is 0 Å². The third-order valence-corrected chi connectivity index (χ3v) is 3.30. The van der Waals surface area contributed by atoms with Gasteiger partial charge in [-0.15, -0.1) is 0 Å². The van der Waals surface area contributed by atoms with Crippen LogP contribution in [0.25, 0.3) is 5.69 Å². The molecule has 1 aromatic carbocycles. The molecule has 2 rings (SSSR count). The van der Waals surface area contributed by atoms with Crippen molar-refractivity contribution in [1.82, 2.24) is 14.7 Å². The standard InChI is InChI=1S/C16H20FN3O/c1-12(2)8-10-19(3)16(21)14-9-11-20(18-14)15-7-5-4-6-13(15)17/h4-7,9,11-12H,8,10H2,1-3H3. The molecule has 0 unspecified atom stereocenters. The number of benzene rings is 1. The zero-order valence-electron chi connectivity index (χ0n) is 12.6. The SMILES string of the molecule is CC(C)CCN(C)C(=O)c1ccn(-c2ccccc2F)n1. The predicted molar refractivity (Wildman–Crippen MR) is 79.9 cm³/mol. The molecular formula is C16H20FN3O. The molecule has 5 heteroatoms. The van der Waals surface area contributed by atoms with Gasteiger partial charge < -0.3 is 4.90 Å². The van der Waals surface area contributed by atoms with Gasteiger partial charge in [-0.2, -0.15) is 5.10 Å². The number of carbonyl (C=O) groups excluding carboxylic acids is 1. The van der Waals surface area contributed by atoms with E-state index in [1.165, 1.54) is 10.7 Å². The van der Waals surface area contributed by atoms with E-state index in [0.29, 0.717) is 23.8 Å². The Morgan fingerprint density at radius 3 is 2.71 bits per heavy atom. The smallest absolute Gasteiger partial charge is 0.274 e. The topological polar surface area (TPSA) is 38.1 Å². The molecule has 21 heavy (non-hydrogen) atoms. The van der Waals surface area contributed by atoms with Crippen LogP contribution in [0.2, 0.25) is 0 Å². The lowest BCUT2D eigenvalue weighted by molar-refractivity contribution is 0.0783. The van der Waals surface area contributed by atoms with Crippen LogP contribution in [0.3, 0.4) is 0 Å². The van der Waals surface area contributed by atoms with Crippen molar-refractivity contribution in [2.24, 2.45) is 5.92 Å². The lowest BCUT2D eigenvalue weighted by atomic mass is 10.1. The molecule has 0 aliphatic rings. The quantitative estimate of drug-likeness (QED) is 0.848. The summed E-state index contributed by atoms with van der Waals surface area (Å²) < 4.78 is 15.1. The van der Waals surface area contributed by atoms with Gasteiger partial charge >= 0.3 is 0 Å². The molecule has 1 heterocycles. The largest absolute Gasteiger partial charge is 0.340 e. The third kappa shape index (κ3) is 3.68. The van der Waals surface area contributed by atoms with Gasteiger partial charge in [0, 0.05) is 19.8 Å². The highest BCUT2D eigenvalue weighted by Gasteiger charge is 2.16. The fraction of sp³-hybridized carbons (Fsp3) is 0.375. The summed E-state index contributed by atoms with van der Waals surface area (Å²) in [7, 11) is 1.76. The summed E-state index contributed by atoms with van der Waals surface area (Å²) in [6.07, 6.45) is 2.54. The van der Waals surface area contributed by atoms with Crippen molar-refractivity contribution in [3.8, 4) is 5.69 Å². The fourth-order valence-electron chi connectivity index (χ4n) is 1.96. The van der Waals surface area contributed by atoms with E-state index in [1.54, 1.807) is 42.4 Å². The summed E-state index contributed by atoms with van der Waals surface area (Å²) in [5.74, 6) is 0.0229. The summed E-state index contributed by atoms with van der Waals surface area (Å²) in [5, 5.41) is 4.17. The molecule has 1 amide bonds. The molecule has 0 fully saturated rings. The molecule has 0 aliphatic heterocycles. The second kappa shape index (κ2) is 6.52. The minimum absolute atomic E-state index is 0.147. The van der Waals surface area contributed by atoms with Crippen molar-refractivity contribution in [3.63, 3.8) is 0 Å². The van der Waals surface area contributed by atoms with Crippen LogP contribution in [0, 0.1) is 11.7 Å². The van der Waals surface area contributed by atoms with Crippen molar-refractivity contribution in [3.05, 3.63) is 48.0 Å². The van der Waals surface area contributed by atoms with Crippen LogP contribution in [-0.2, 0) is 0 Å². The maximum atomic E-state index is 13.7. The minimum Gasteiger partial charge on any atom is -0.340 e. The van der Waals surface area contributed by atoms with Gasteiger partial charge in [-0.25, -0.2) is 9.07 Å². The first-order valence-electron chi connectivity index (χ1n) is 7.05. The molecule has 2 aromatic rings. The van der Waals surface area contributed by atoms with Crippen LogP contribution < -0.4 is 0 Å². The minimum atomic E-state index is -0.368. The summed E-state index contributed by atoms with van der Waals surface area (Å²) in [5.41, 5.74) is 0.658. The molecule has 0 saturated heterocycles. The Labute approximate surface area is 124 Å². The van der Waals surface area contributed by atoms with E-state index >= 15 is 0 Å². The Kier molecular flexibility index (Phi) is 4.73. The lowest BCUT2D eigenvalue weighted by Crippen LogP contribution is -2.29. The highest BCUT2D eigenvalue weighted by molar-refractivity contribution is 5.92. The number of rotatable bonds is 5. The summed E-state index contributed by atoms with van der Waals surface area (Å²) >= 11 is 0. The van der Waals surface area contributed by atoms with Gasteiger partial charge in [0.15, 0.2) is 5.69 Å². The van der Waals surface area contributed by atoms with Crippen LogP contribution in [0.15, 0.2) is 36.5 Å². The normalized spacial score (nSPS) is 10.9. The number of hydrogen-bond acceptors (Lipinski definition) is 2. The van der Waals surface area contributed by atoms with E-state index in [9.17, 15) is 9.18 Å². The van der Waals surface area contributed by atoms with Crippen molar-refractivity contribution in [2.45, 2.75) is 20.3 Å². The maximum absolute atomic E-state index is 13.7. The van der Waals surface area contributed by atoms with Gasteiger partial charge in [0.05, 0.1) is 0 Å². The number of hydrogen-bond donors (Lipinski definition) is 0. The summed E-state index contributed by atoms with van der Waals surface area (Å²) in [4.78, 5) is 13.9. The van der Waals surface area contributed by atoms with Crippen molar-refractivity contribution >= 4 is 5.91 Å².